The first-order valence-corrected chi connectivity index (χ1v) is 12.6. The van der Waals surface area contributed by atoms with Crippen molar-refractivity contribution in [1.82, 2.24) is 45.6 Å². The number of rotatable bonds is 12. The summed E-state index contributed by atoms with van der Waals surface area (Å²) in [4.78, 5) is 28.4. The first-order valence-electron chi connectivity index (χ1n) is 12.6. The number of nitrogens with one attached hydrogen (secondary N) is 2. The zero-order valence-electron chi connectivity index (χ0n) is 22.3. The van der Waals surface area contributed by atoms with E-state index in [0.717, 1.165) is 35.1 Å². The van der Waals surface area contributed by atoms with Gasteiger partial charge in [-0.1, -0.05) is 22.6 Å². The number of alkyl halides is 7. The maximum Gasteiger partial charge on any atom is 0.573 e. The molecule has 234 valence electrons. The summed E-state index contributed by atoms with van der Waals surface area (Å²) >= 11 is 0. The predicted octanol–water partition coefficient (Wildman–Crippen LogP) is 3.47. The zero-order chi connectivity index (χ0) is 31.9. The predicted molar refractivity (Wildman–Crippen MR) is 134 cm³/mol. The van der Waals surface area contributed by atoms with E-state index in [1.54, 1.807) is 0 Å². The molecule has 0 aliphatic rings. The maximum atomic E-state index is 14.6. The van der Waals surface area contributed by atoms with Crippen LogP contribution >= 0.6 is 0 Å². The van der Waals surface area contributed by atoms with Gasteiger partial charge in [0, 0.05) is 25.7 Å². The van der Waals surface area contributed by atoms with Crippen LogP contribution < -0.4 is 15.4 Å². The molecule has 0 aliphatic heterocycles. The second kappa shape index (κ2) is 13.5. The van der Waals surface area contributed by atoms with Gasteiger partial charge in [-0.25, -0.2) is 9.07 Å². The van der Waals surface area contributed by atoms with Crippen LogP contribution in [-0.2, 0) is 32.4 Å². The third-order valence-electron chi connectivity index (χ3n) is 5.76. The Morgan fingerprint density at radius 3 is 2.23 bits per heavy atom. The van der Waals surface area contributed by atoms with Gasteiger partial charge in [0.2, 0.25) is 0 Å². The molecule has 1 aromatic carbocycles. The van der Waals surface area contributed by atoms with Gasteiger partial charge in [0.1, 0.15) is 11.9 Å². The van der Waals surface area contributed by atoms with Gasteiger partial charge in [-0.05, 0) is 29.8 Å². The van der Waals surface area contributed by atoms with Gasteiger partial charge in [0.25, 0.3) is 11.8 Å². The Morgan fingerprint density at radius 1 is 0.886 bits per heavy atom. The topological polar surface area (TPSA) is 142 Å². The molecule has 3 heterocycles. The lowest BCUT2D eigenvalue weighted by Crippen LogP contribution is -2.24. The van der Waals surface area contributed by atoms with E-state index < -0.39 is 41.8 Å². The summed E-state index contributed by atoms with van der Waals surface area (Å²) < 4.78 is 96.4. The van der Waals surface area contributed by atoms with Crippen molar-refractivity contribution < 1.29 is 45.1 Å². The lowest BCUT2D eigenvalue weighted by atomic mass is 10.2. The molecule has 0 fully saturated rings. The fourth-order valence-corrected chi connectivity index (χ4v) is 3.71. The van der Waals surface area contributed by atoms with E-state index >= 15 is 0 Å². The van der Waals surface area contributed by atoms with Gasteiger partial charge in [0.05, 0.1) is 36.7 Å². The smallest absolute Gasteiger partial charge is 0.406 e. The van der Waals surface area contributed by atoms with Crippen LogP contribution in [0.5, 0.6) is 5.75 Å². The number of aryl methyl sites for hydroxylation is 1. The van der Waals surface area contributed by atoms with Gasteiger partial charge in [-0.2, -0.15) is 13.2 Å². The number of nitrogens with zero attached hydrogens (tertiary/aromatic N) is 7. The fourth-order valence-electron chi connectivity index (χ4n) is 3.71. The molecular weight excluding hydrogens is 607 g/mol. The van der Waals surface area contributed by atoms with Gasteiger partial charge in [0.15, 0.2) is 11.4 Å². The van der Waals surface area contributed by atoms with Crippen LogP contribution in [0.4, 0.5) is 30.7 Å². The number of halogens is 7. The van der Waals surface area contributed by atoms with Crippen LogP contribution in [0.2, 0.25) is 0 Å². The van der Waals surface area contributed by atoms with Crippen LogP contribution in [-0.4, -0.2) is 59.3 Å². The number of hydrogen-bond acceptors (Lipinski definition) is 8. The van der Waals surface area contributed by atoms with Crippen molar-refractivity contribution in [2.24, 2.45) is 0 Å². The number of hydrogen-bond donors (Lipinski definition) is 2. The van der Waals surface area contributed by atoms with Crippen LogP contribution in [0, 0.1) is 0 Å². The Kier molecular flexibility index (Phi) is 9.74. The Labute approximate surface area is 243 Å². The summed E-state index contributed by atoms with van der Waals surface area (Å²) in [5, 5.41) is 19.6. The summed E-state index contributed by atoms with van der Waals surface area (Å²) in [6.07, 6.45) is -7.56. The first kappa shape index (κ1) is 31.8. The van der Waals surface area contributed by atoms with Crippen molar-refractivity contribution in [3.8, 4) is 5.75 Å². The molecule has 4 aromatic rings. The lowest BCUT2D eigenvalue weighted by Gasteiger charge is -2.10. The highest BCUT2D eigenvalue weighted by atomic mass is 19.4. The molecular formula is C25H22F7N9O3. The van der Waals surface area contributed by atoms with Crippen LogP contribution in [0.15, 0.2) is 55.0 Å². The molecule has 3 aromatic heterocycles. The van der Waals surface area contributed by atoms with Crippen molar-refractivity contribution >= 4 is 11.8 Å². The largest absolute Gasteiger partial charge is 0.573 e. The Balaban J connectivity index is 1.21. The third kappa shape index (κ3) is 9.46. The molecule has 1 unspecified atom stereocenters. The van der Waals surface area contributed by atoms with Crippen molar-refractivity contribution in [2.45, 2.75) is 51.3 Å². The van der Waals surface area contributed by atoms with Crippen molar-refractivity contribution in [1.29, 1.82) is 0 Å². The molecule has 12 nitrogen and oxygen atoms in total. The van der Waals surface area contributed by atoms with E-state index in [2.05, 4.69) is 41.0 Å². The SMILES string of the molecule is O=C(NCc1cc(C(F)(F)F)ccn1)c1cn(CCC(F)Cn2cc(C(=O)NCc3cccc(OC(F)(F)F)c3)nn2)nn1. The second-order valence-corrected chi connectivity index (χ2v) is 9.17. The molecule has 0 aliphatic carbocycles. The van der Waals surface area contributed by atoms with Gasteiger partial charge >= 0.3 is 12.5 Å². The van der Waals surface area contributed by atoms with Crippen molar-refractivity contribution in [3.63, 3.8) is 0 Å². The highest BCUT2D eigenvalue weighted by molar-refractivity contribution is 5.92. The summed E-state index contributed by atoms with van der Waals surface area (Å²) in [6, 6.07) is 6.65. The average molecular weight is 629 g/mol. The molecule has 2 N–H and O–H groups in total. The van der Waals surface area contributed by atoms with Crippen LogP contribution in [0.25, 0.3) is 0 Å². The summed E-state index contributed by atoms with van der Waals surface area (Å²) in [7, 11) is 0. The van der Waals surface area contributed by atoms with E-state index in [0.29, 0.717) is 5.56 Å². The number of carbonyl (C=O) groups excluding carboxylic acids is 2. The monoisotopic (exact) mass is 629 g/mol. The minimum atomic E-state index is -4.86. The normalized spacial score (nSPS) is 12.5. The summed E-state index contributed by atoms with van der Waals surface area (Å²) in [5.74, 6) is -1.85. The van der Waals surface area contributed by atoms with Gasteiger partial charge in [-0.3, -0.25) is 19.3 Å². The maximum absolute atomic E-state index is 14.6. The zero-order valence-corrected chi connectivity index (χ0v) is 22.3. The number of aromatic nitrogens is 7. The van der Waals surface area contributed by atoms with Crippen LogP contribution in [0.1, 0.15) is 44.2 Å². The lowest BCUT2D eigenvalue weighted by molar-refractivity contribution is -0.274. The average Bonchev–Trinajstić information content (AvgIpc) is 3.63. The molecule has 19 heteroatoms. The second-order valence-electron chi connectivity index (χ2n) is 9.17. The number of ether oxygens (including phenoxy) is 1. The Bertz CT molecular complexity index is 1590. The molecule has 0 saturated carbocycles. The van der Waals surface area contributed by atoms with E-state index in [-0.39, 0.29) is 49.7 Å². The molecule has 4 rings (SSSR count). The first-order chi connectivity index (χ1) is 20.7. The molecule has 0 radical (unpaired) electrons. The Morgan fingerprint density at radius 2 is 1.55 bits per heavy atom. The number of amides is 2. The van der Waals surface area contributed by atoms with Gasteiger partial charge < -0.3 is 15.4 Å². The van der Waals surface area contributed by atoms with Crippen molar-refractivity contribution in [2.75, 3.05) is 0 Å². The van der Waals surface area contributed by atoms with E-state index in [9.17, 15) is 40.3 Å². The minimum absolute atomic E-state index is 0.00971. The fraction of sp³-hybridized carbons (Fsp3) is 0.320. The van der Waals surface area contributed by atoms with Crippen molar-refractivity contribution in [3.05, 3.63) is 83.2 Å². The molecule has 1 atom stereocenters. The molecule has 0 saturated heterocycles. The molecule has 2 amide bonds. The van der Waals surface area contributed by atoms with E-state index in [1.807, 2.05) is 0 Å². The highest BCUT2D eigenvalue weighted by Gasteiger charge is 2.31. The highest BCUT2D eigenvalue weighted by Crippen LogP contribution is 2.29. The van der Waals surface area contributed by atoms with E-state index in [4.69, 9.17) is 0 Å². The summed E-state index contributed by atoms with van der Waals surface area (Å²) in [5.41, 5.74) is -0.875. The van der Waals surface area contributed by atoms with Crippen LogP contribution in [0.3, 0.4) is 0 Å². The summed E-state index contributed by atoms with van der Waals surface area (Å²) in [6.45, 7) is -0.685. The number of benzene rings is 1. The minimum Gasteiger partial charge on any atom is -0.406 e. The molecule has 44 heavy (non-hydrogen) atoms. The molecule has 0 bridgehead atoms. The number of carbonyl (C=O) groups is 2. The molecule has 0 spiro atoms. The Hall–Kier alpha value is -5.10. The van der Waals surface area contributed by atoms with Gasteiger partial charge in [-0.15, -0.1) is 23.4 Å². The number of pyridine rings is 1. The standard InChI is InChI=1S/C25H22F7N9O3/c26-17(5-7-40-13-20(36-38-40)23(43)35-11-18-9-16(4-6-33-18)24(27,28)29)12-41-14-21(37-39-41)22(42)34-10-15-2-1-3-19(8-15)44-25(30,31)32/h1-4,6,8-9,13-14,17H,5,7,10-12H2,(H,34,42)(H,35,43). The van der Waals surface area contributed by atoms with E-state index in [1.165, 1.54) is 29.2 Å². The third-order valence-corrected chi connectivity index (χ3v) is 5.76. The quantitative estimate of drug-likeness (QED) is 0.227.